The molecule has 0 spiro atoms. The first-order valence-corrected chi connectivity index (χ1v) is 7.45. The van der Waals surface area contributed by atoms with Crippen molar-refractivity contribution in [3.63, 3.8) is 0 Å². The van der Waals surface area contributed by atoms with Gasteiger partial charge in [0.2, 0.25) is 0 Å². The molecule has 1 heterocycles. The van der Waals surface area contributed by atoms with Crippen LogP contribution in [-0.4, -0.2) is 24.2 Å². The van der Waals surface area contributed by atoms with Crippen LogP contribution in [0, 0.1) is 6.92 Å². The van der Waals surface area contributed by atoms with E-state index in [2.05, 4.69) is 29.4 Å². The van der Waals surface area contributed by atoms with Crippen molar-refractivity contribution in [1.29, 1.82) is 0 Å². The number of pyridine rings is 1. The fourth-order valence-electron chi connectivity index (χ4n) is 2.21. The van der Waals surface area contributed by atoms with E-state index in [0.29, 0.717) is 11.5 Å². The fourth-order valence-corrected chi connectivity index (χ4v) is 2.21. The summed E-state index contributed by atoms with van der Waals surface area (Å²) in [7, 11) is 1.67. The zero-order chi connectivity index (χ0) is 16.8. The number of hydrogen-bond acceptors (Lipinski definition) is 4. The standard InChI is InChI=1S/C18H21N3O2/c1-12(2)16-10-15(13(3)9-17(16)23-4)11-20-21-18(22)14-5-7-19-8-6-14/h5-12H,1-4H3,(H,21,22)/b20-11-. The number of nitrogens with one attached hydrogen (secondary N) is 1. The lowest BCUT2D eigenvalue weighted by molar-refractivity contribution is 0.0955. The van der Waals surface area contributed by atoms with Gasteiger partial charge in [0.05, 0.1) is 13.3 Å². The molecule has 0 radical (unpaired) electrons. The predicted molar refractivity (Wildman–Crippen MR) is 91.1 cm³/mol. The molecule has 23 heavy (non-hydrogen) atoms. The molecule has 2 aromatic rings. The van der Waals surface area contributed by atoms with Gasteiger partial charge in [-0.15, -0.1) is 0 Å². The summed E-state index contributed by atoms with van der Waals surface area (Å²) in [5.74, 6) is 0.943. The summed E-state index contributed by atoms with van der Waals surface area (Å²) in [5, 5.41) is 4.05. The van der Waals surface area contributed by atoms with Crippen LogP contribution in [-0.2, 0) is 0 Å². The lowest BCUT2D eigenvalue weighted by Crippen LogP contribution is -2.17. The van der Waals surface area contributed by atoms with E-state index < -0.39 is 0 Å². The lowest BCUT2D eigenvalue weighted by Gasteiger charge is -2.14. The Bertz CT molecular complexity index is 710. The van der Waals surface area contributed by atoms with Gasteiger partial charge in [0.25, 0.3) is 5.91 Å². The van der Waals surface area contributed by atoms with Crippen molar-refractivity contribution >= 4 is 12.1 Å². The third kappa shape index (κ3) is 4.16. The van der Waals surface area contributed by atoms with Crippen molar-refractivity contribution in [3.05, 3.63) is 58.9 Å². The van der Waals surface area contributed by atoms with Crippen LogP contribution < -0.4 is 10.2 Å². The van der Waals surface area contributed by atoms with Crippen molar-refractivity contribution < 1.29 is 9.53 Å². The Kier molecular flexibility index (Phi) is 5.46. The minimum atomic E-state index is -0.265. The summed E-state index contributed by atoms with van der Waals surface area (Å²) >= 11 is 0. The molecule has 5 heteroatoms. The Morgan fingerprint density at radius 2 is 2.00 bits per heavy atom. The van der Waals surface area contributed by atoms with E-state index in [9.17, 15) is 4.79 Å². The van der Waals surface area contributed by atoms with Crippen molar-refractivity contribution in [2.75, 3.05) is 7.11 Å². The maximum absolute atomic E-state index is 11.9. The van der Waals surface area contributed by atoms with Crippen LogP contribution in [0.4, 0.5) is 0 Å². The topological polar surface area (TPSA) is 63.6 Å². The van der Waals surface area contributed by atoms with Gasteiger partial charge in [-0.1, -0.05) is 13.8 Å². The van der Waals surface area contributed by atoms with E-state index in [1.165, 1.54) is 0 Å². The van der Waals surface area contributed by atoms with E-state index in [0.717, 1.165) is 22.4 Å². The first-order chi connectivity index (χ1) is 11.0. The Labute approximate surface area is 136 Å². The average molecular weight is 311 g/mol. The van der Waals surface area contributed by atoms with Gasteiger partial charge < -0.3 is 4.74 Å². The molecule has 0 atom stereocenters. The summed E-state index contributed by atoms with van der Waals surface area (Å²) in [4.78, 5) is 15.8. The van der Waals surface area contributed by atoms with Crippen LogP contribution in [0.2, 0.25) is 0 Å². The van der Waals surface area contributed by atoms with Crippen LogP contribution in [0.1, 0.15) is 46.8 Å². The highest BCUT2D eigenvalue weighted by molar-refractivity contribution is 5.94. The van der Waals surface area contributed by atoms with Crippen LogP contribution in [0.3, 0.4) is 0 Å². The van der Waals surface area contributed by atoms with Gasteiger partial charge in [0.1, 0.15) is 5.75 Å². The molecule has 0 fully saturated rings. The lowest BCUT2D eigenvalue weighted by atomic mass is 9.97. The quantitative estimate of drug-likeness (QED) is 0.681. The molecule has 0 saturated carbocycles. The number of carbonyl (C=O) groups is 1. The second-order valence-electron chi connectivity index (χ2n) is 5.54. The largest absolute Gasteiger partial charge is 0.496 e. The zero-order valence-corrected chi connectivity index (χ0v) is 13.8. The number of ether oxygens (including phenoxy) is 1. The smallest absolute Gasteiger partial charge is 0.271 e. The summed E-state index contributed by atoms with van der Waals surface area (Å²) in [6.07, 6.45) is 4.79. The van der Waals surface area contributed by atoms with Crippen LogP contribution in [0.25, 0.3) is 0 Å². The predicted octanol–water partition coefficient (Wildman–Crippen LogP) is 3.29. The highest BCUT2D eigenvalue weighted by Gasteiger charge is 2.10. The average Bonchev–Trinajstić information content (AvgIpc) is 2.56. The third-order valence-electron chi connectivity index (χ3n) is 3.55. The first-order valence-electron chi connectivity index (χ1n) is 7.45. The van der Waals surface area contributed by atoms with E-state index in [1.54, 1.807) is 37.9 Å². The number of methoxy groups -OCH3 is 1. The summed E-state index contributed by atoms with van der Waals surface area (Å²) in [6.45, 7) is 6.21. The molecular weight excluding hydrogens is 290 g/mol. The zero-order valence-electron chi connectivity index (χ0n) is 13.8. The molecule has 2 rings (SSSR count). The molecule has 1 amide bonds. The van der Waals surface area contributed by atoms with Crippen molar-refractivity contribution in [1.82, 2.24) is 10.4 Å². The number of aromatic nitrogens is 1. The summed E-state index contributed by atoms with van der Waals surface area (Å²) in [5.41, 5.74) is 6.14. The summed E-state index contributed by atoms with van der Waals surface area (Å²) < 4.78 is 5.42. The maximum Gasteiger partial charge on any atom is 0.271 e. The van der Waals surface area contributed by atoms with E-state index in [4.69, 9.17) is 4.74 Å². The SMILES string of the molecule is COc1cc(C)c(/C=N\NC(=O)c2ccncc2)cc1C(C)C. The summed E-state index contributed by atoms with van der Waals surface area (Å²) in [6, 6.07) is 7.31. The normalized spacial score (nSPS) is 11.0. The molecule has 5 nitrogen and oxygen atoms in total. The van der Waals surface area contributed by atoms with Crippen molar-refractivity contribution in [2.24, 2.45) is 5.10 Å². The number of hydrazone groups is 1. The molecule has 1 aromatic heterocycles. The van der Waals surface area contributed by atoms with Crippen molar-refractivity contribution in [2.45, 2.75) is 26.7 Å². The second-order valence-corrected chi connectivity index (χ2v) is 5.54. The molecule has 0 aliphatic heterocycles. The number of carbonyl (C=O) groups excluding carboxylic acids is 1. The van der Waals surface area contributed by atoms with E-state index in [-0.39, 0.29) is 5.91 Å². The third-order valence-corrected chi connectivity index (χ3v) is 3.55. The fraction of sp³-hybridized carbons (Fsp3) is 0.278. The highest BCUT2D eigenvalue weighted by atomic mass is 16.5. The minimum absolute atomic E-state index is 0.265. The van der Waals surface area contributed by atoms with Gasteiger partial charge in [0, 0.05) is 18.0 Å². The molecular formula is C18H21N3O2. The second kappa shape index (κ2) is 7.54. The molecule has 1 N–H and O–H groups in total. The Hall–Kier alpha value is -2.69. The van der Waals surface area contributed by atoms with Gasteiger partial charge in [-0.2, -0.15) is 5.10 Å². The van der Waals surface area contributed by atoms with Gasteiger partial charge in [0.15, 0.2) is 0 Å². The Balaban J connectivity index is 2.16. The molecule has 0 unspecified atom stereocenters. The highest BCUT2D eigenvalue weighted by Crippen LogP contribution is 2.28. The van der Waals surface area contributed by atoms with Crippen LogP contribution >= 0.6 is 0 Å². The Morgan fingerprint density at radius 3 is 2.61 bits per heavy atom. The molecule has 0 bridgehead atoms. The number of benzene rings is 1. The van der Waals surface area contributed by atoms with Gasteiger partial charge in [-0.3, -0.25) is 9.78 Å². The van der Waals surface area contributed by atoms with Crippen molar-refractivity contribution in [3.8, 4) is 5.75 Å². The molecule has 0 aliphatic rings. The number of hydrogen-bond donors (Lipinski definition) is 1. The number of rotatable bonds is 5. The van der Waals surface area contributed by atoms with Gasteiger partial charge in [-0.05, 0) is 53.8 Å². The molecule has 0 aliphatic carbocycles. The molecule has 0 saturated heterocycles. The number of amides is 1. The number of aryl methyl sites for hydroxylation is 1. The van der Waals surface area contributed by atoms with Crippen LogP contribution in [0.5, 0.6) is 5.75 Å². The van der Waals surface area contributed by atoms with Crippen LogP contribution in [0.15, 0.2) is 41.8 Å². The molecule has 1 aromatic carbocycles. The monoisotopic (exact) mass is 311 g/mol. The van der Waals surface area contributed by atoms with E-state index in [1.807, 2.05) is 19.1 Å². The molecule has 120 valence electrons. The van der Waals surface area contributed by atoms with Gasteiger partial charge in [-0.25, -0.2) is 5.43 Å². The van der Waals surface area contributed by atoms with E-state index >= 15 is 0 Å². The van der Waals surface area contributed by atoms with Gasteiger partial charge >= 0.3 is 0 Å². The minimum Gasteiger partial charge on any atom is -0.496 e. The maximum atomic E-state index is 11.9. The number of nitrogens with zero attached hydrogens (tertiary/aromatic N) is 2. The Morgan fingerprint density at radius 1 is 1.30 bits per heavy atom. The first kappa shape index (κ1) is 16.7.